The first-order valence-electron chi connectivity index (χ1n) is 8.91. The van der Waals surface area contributed by atoms with Crippen LogP contribution >= 0.6 is 11.3 Å². The molecule has 1 amide bonds. The summed E-state index contributed by atoms with van der Waals surface area (Å²) in [5, 5.41) is 8.30. The lowest BCUT2D eigenvalue weighted by Gasteiger charge is -2.08. The van der Waals surface area contributed by atoms with Gasteiger partial charge in [0.15, 0.2) is 5.69 Å². The molecule has 1 aromatic carbocycles. The second-order valence-electron chi connectivity index (χ2n) is 6.35. The molecular weight excluding hydrogens is 413 g/mol. The second-order valence-corrected chi connectivity index (χ2v) is 7.30. The Morgan fingerprint density at radius 1 is 1.07 bits per heavy atom. The number of halogens is 3. The Morgan fingerprint density at radius 2 is 1.87 bits per heavy atom. The molecule has 0 aliphatic carbocycles. The minimum Gasteiger partial charge on any atom is -0.346 e. The highest BCUT2D eigenvalue weighted by Crippen LogP contribution is 2.34. The monoisotopic (exact) mass is 428 g/mol. The lowest BCUT2D eigenvalue weighted by molar-refractivity contribution is -0.141. The number of pyridine rings is 1. The normalized spacial score (nSPS) is 11.4. The Bertz CT molecular complexity index is 1140. The number of hydrogen-bond donors (Lipinski definition) is 1. The summed E-state index contributed by atoms with van der Waals surface area (Å²) in [6.45, 7) is 0.276. The maximum Gasteiger partial charge on any atom is 0.435 e. The Balaban J connectivity index is 1.58. The summed E-state index contributed by atoms with van der Waals surface area (Å²) in [7, 11) is 0. The number of thiophene rings is 1. The number of hydrogen-bond acceptors (Lipinski definition) is 4. The third kappa shape index (κ3) is 4.25. The summed E-state index contributed by atoms with van der Waals surface area (Å²) in [4.78, 5) is 17.1. The van der Waals surface area contributed by atoms with E-state index in [-0.39, 0.29) is 12.5 Å². The van der Waals surface area contributed by atoms with Crippen molar-refractivity contribution >= 4 is 17.2 Å². The maximum atomic E-state index is 13.2. The van der Waals surface area contributed by atoms with E-state index in [0.29, 0.717) is 21.8 Å². The number of aromatic nitrogens is 3. The SMILES string of the molecule is O=C(NCc1ccccn1)c1ccc(-n2nc(C(F)(F)F)cc2-c2cccs2)cc1. The lowest BCUT2D eigenvalue weighted by Crippen LogP contribution is -2.23. The molecule has 0 aliphatic heterocycles. The second kappa shape index (κ2) is 8.11. The summed E-state index contributed by atoms with van der Waals surface area (Å²) in [5.74, 6) is -0.304. The highest BCUT2D eigenvalue weighted by molar-refractivity contribution is 7.13. The van der Waals surface area contributed by atoms with Gasteiger partial charge in [-0.25, -0.2) is 4.68 Å². The molecule has 9 heteroatoms. The van der Waals surface area contributed by atoms with Gasteiger partial charge in [-0.05, 0) is 53.9 Å². The van der Waals surface area contributed by atoms with Crippen molar-refractivity contribution in [3.05, 3.63) is 89.2 Å². The number of amides is 1. The summed E-state index contributed by atoms with van der Waals surface area (Å²) < 4.78 is 40.8. The van der Waals surface area contributed by atoms with E-state index < -0.39 is 11.9 Å². The van der Waals surface area contributed by atoms with Crippen LogP contribution in [0.15, 0.2) is 72.2 Å². The van der Waals surface area contributed by atoms with Crippen LogP contribution in [0.4, 0.5) is 13.2 Å². The van der Waals surface area contributed by atoms with Crippen molar-refractivity contribution in [3.8, 4) is 16.3 Å². The van der Waals surface area contributed by atoms with Gasteiger partial charge in [0.1, 0.15) is 0 Å². The lowest BCUT2D eigenvalue weighted by atomic mass is 10.2. The molecule has 5 nitrogen and oxygen atoms in total. The van der Waals surface area contributed by atoms with Crippen LogP contribution in [0.1, 0.15) is 21.7 Å². The molecule has 1 N–H and O–H groups in total. The van der Waals surface area contributed by atoms with Crippen LogP contribution in [-0.4, -0.2) is 20.7 Å². The summed E-state index contributed by atoms with van der Waals surface area (Å²) in [6.07, 6.45) is -2.91. The standard InChI is InChI=1S/C21H15F3N4OS/c22-21(23,24)19-12-17(18-5-3-11-30-18)28(27-19)16-8-6-14(7-9-16)20(29)26-13-15-4-1-2-10-25-15/h1-12H,13H2,(H,26,29). The summed E-state index contributed by atoms with van der Waals surface area (Å²) >= 11 is 1.32. The van der Waals surface area contributed by atoms with Gasteiger partial charge in [0, 0.05) is 11.8 Å². The molecule has 30 heavy (non-hydrogen) atoms. The van der Waals surface area contributed by atoms with E-state index in [0.717, 1.165) is 11.8 Å². The fourth-order valence-electron chi connectivity index (χ4n) is 2.85. The minimum atomic E-state index is -4.55. The molecule has 3 heterocycles. The first-order chi connectivity index (χ1) is 14.4. The highest BCUT2D eigenvalue weighted by atomic mass is 32.1. The minimum absolute atomic E-state index is 0.276. The number of nitrogens with zero attached hydrogens (tertiary/aromatic N) is 3. The smallest absolute Gasteiger partial charge is 0.346 e. The predicted molar refractivity (Wildman–Crippen MR) is 107 cm³/mol. The number of nitrogens with one attached hydrogen (secondary N) is 1. The summed E-state index contributed by atoms with van der Waals surface area (Å²) in [5.41, 5.74) is 0.901. The molecule has 0 spiro atoms. The number of rotatable bonds is 5. The Morgan fingerprint density at radius 3 is 2.50 bits per heavy atom. The van der Waals surface area contributed by atoms with E-state index in [4.69, 9.17) is 0 Å². The predicted octanol–water partition coefficient (Wildman–Crippen LogP) is 4.94. The van der Waals surface area contributed by atoms with Crippen molar-refractivity contribution in [2.75, 3.05) is 0 Å². The number of benzene rings is 1. The van der Waals surface area contributed by atoms with E-state index in [1.807, 2.05) is 6.07 Å². The molecule has 0 bridgehead atoms. The van der Waals surface area contributed by atoms with E-state index in [1.54, 1.807) is 60.1 Å². The van der Waals surface area contributed by atoms with Gasteiger partial charge in [0.05, 0.1) is 28.5 Å². The highest BCUT2D eigenvalue weighted by Gasteiger charge is 2.35. The molecule has 3 aromatic heterocycles. The zero-order valence-corrected chi connectivity index (χ0v) is 16.2. The van der Waals surface area contributed by atoms with Crippen LogP contribution in [0.25, 0.3) is 16.3 Å². The van der Waals surface area contributed by atoms with Gasteiger partial charge in [-0.3, -0.25) is 9.78 Å². The third-order valence-electron chi connectivity index (χ3n) is 4.30. The fraction of sp³-hybridized carbons (Fsp3) is 0.0952. The molecular formula is C21H15F3N4OS. The van der Waals surface area contributed by atoms with Crippen LogP contribution in [0, 0.1) is 0 Å². The van der Waals surface area contributed by atoms with Crippen molar-refractivity contribution in [1.29, 1.82) is 0 Å². The third-order valence-corrected chi connectivity index (χ3v) is 5.20. The zero-order chi connectivity index (χ0) is 21.1. The van der Waals surface area contributed by atoms with Gasteiger partial charge in [-0.2, -0.15) is 18.3 Å². The largest absolute Gasteiger partial charge is 0.435 e. The van der Waals surface area contributed by atoms with Crippen molar-refractivity contribution in [1.82, 2.24) is 20.1 Å². The fourth-order valence-corrected chi connectivity index (χ4v) is 3.57. The average molecular weight is 428 g/mol. The number of alkyl halides is 3. The van der Waals surface area contributed by atoms with Crippen LogP contribution in [-0.2, 0) is 12.7 Å². The molecule has 4 aromatic rings. The molecule has 4 rings (SSSR count). The quantitative estimate of drug-likeness (QED) is 0.490. The van der Waals surface area contributed by atoms with Gasteiger partial charge in [0.25, 0.3) is 5.91 Å². The van der Waals surface area contributed by atoms with Crippen molar-refractivity contribution in [2.24, 2.45) is 0 Å². The van der Waals surface area contributed by atoms with Gasteiger partial charge >= 0.3 is 6.18 Å². The maximum absolute atomic E-state index is 13.2. The average Bonchev–Trinajstić information content (AvgIpc) is 3.42. The van der Waals surface area contributed by atoms with E-state index in [2.05, 4.69) is 15.4 Å². The van der Waals surface area contributed by atoms with Crippen molar-refractivity contribution in [2.45, 2.75) is 12.7 Å². The Labute approximate surface area is 173 Å². The summed E-state index contributed by atoms with van der Waals surface area (Å²) in [6, 6.07) is 16.2. The van der Waals surface area contributed by atoms with E-state index in [1.165, 1.54) is 16.0 Å². The number of carbonyl (C=O) groups excluding carboxylic acids is 1. The van der Waals surface area contributed by atoms with Crippen molar-refractivity contribution < 1.29 is 18.0 Å². The van der Waals surface area contributed by atoms with E-state index >= 15 is 0 Å². The molecule has 152 valence electrons. The molecule has 0 unspecified atom stereocenters. The first kappa shape index (κ1) is 19.8. The molecule has 0 aliphatic rings. The molecule has 0 saturated carbocycles. The van der Waals surface area contributed by atoms with Crippen molar-refractivity contribution in [3.63, 3.8) is 0 Å². The zero-order valence-electron chi connectivity index (χ0n) is 15.4. The molecule has 0 saturated heterocycles. The van der Waals surface area contributed by atoms with Gasteiger partial charge in [-0.1, -0.05) is 12.1 Å². The van der Waals surface area contributed by atoms with E-state index in [9.17, 15) is 18.0 Å². The van der Waals surface area contributed by atoms with Gasteiger partial charge < -0.3 is 5.32 Å². The van der Waals surface area contributed by atoms with Crippen LogP contribution in [0.5, 0.6) is 0 Å². The molecule has 0 fully saturated rings. The van der Waals surface area contributed by atoms with Gasteiger partial charge in [-0.15, -0.1) is 11.3 Å². The first-order valence-corrected chi connectivity index (χ1v) is 9.79. The van der Waals surface area contributed by atoms with Crippen LogP contribution in [0.3, 0.4) is 0 Å². The van der Waals surface area contributed by atoms with Crippen LogP contribution in [0.2, 0.25) is 0 Å². The number of carbonyl (C=O) groups is 1. The topological polar surface area (TPSA) is 59.8 Å². The van der Waals surface area contributed by atoms with Gasteiger partial charge in [0.2, 0.25) is 0 Å². The molecule has 0 atom stereocenters. The van der Waals surface area contributed by atoms with Crippen LogP contribution < -0.4 is 5.32 Å². The Hall–Kier alpha value is -3.46. The molecule has 0 radical (unpaired) electrons. The Kier molecular flexibility index (Phi) is 5.37.